The average Bonchev–Trinajstić information content (AvgIpc) is 2.59. The Kier molecular flexibility index (Phi) is 6.32. The first kappa shape index (κ1) is 18.7. The molecule has 7 nitrogen and oxygen atoms in total. The first-order valence-corrected chi connectivity index (χ1v) is 7.91. The highest BCUT2D eigenvalue weighted by Crippen LogP contribution is 2.27. The van der Waals surface area contributed by atoms with Crippen LogP contribution in [0.5, 0.6) is 0 Å². The van der Waals surface area contributed by atoms with Crippen molar-refractivity contribution in [2.45, 2.75) is 19.1 Å². The summed E-state index contributed by atoms with van der Waals surface area (Å²) in [6.07, 6.45) is -1.50. The summed E-state index contributed by atoms with van der Waals surface area (Å²) in [4.78, 5) is 22.2. The van der Waals surface area contributed by atoms with Gasteiger partial charge in [-0.25, -0.2) is 4.79 Å². The number of aliphatic hydroxyl groups is 1. The molecule has 2 unspecified atom stereocenters. The average molecular weight is 365 g/mol. The summed E-state index contributed by atoms with van der Waals surface area (Å²) in [7, 11) is 0. The quantitative estimate of drug-likeness (QED) is 0.444. The Morgan fingerprint density at radius 1 is 1.32 bits per heavy atom. The first-order chi connectivity index (χ1) is 11.9. The highest BCUT2D eigenvalue weighted by Gasteiger charge is 2.29. The van der Waals surface area contributed by atoms with Crippen molar-refractivity contribution in [2.24, 2.45) is 0 Å². The van der Waals surface area contributed by atoms with Crippen LogP contribution >= 0.6 is 11.6 Å². The number of esters is 1. The van der Waals surface area contributed by atoms with Gasteiger partial charge in [-0.15, -0.1) is 0 Å². The van der Waals surface area contributed by atoms with Crippen LogP contribution in [0.3, 0.4) is 0 Å². The predicted octanol–water partition coefficient (Wildman–Crippen LogP) is 3.33. The van der Waals surface area contributed by atoms with E-state index >= 15 is 0 Å². The van der Waals surface area contributed by atoms with Gasteiger partial charge in [0.05, 0.1) is 17.6 Å². The van der Waals surface area contributed by atoms with E-state index in [1.165, 1.54) is 24.3 Å². The van der Waals surface area contributed by atoms with Crippen molar-refractivity contribution in [1.82, 2.24) is 0 Å². The van der Waals surface area contributed by atoms with Gasteiger partial charge in [0.1, 0.15) is 0 Å². The Labute approximate surface area is 149 Å². The van der Waals surface area contributed by atoms with E-state index in [1.54, 1.807) is 31.2 Å². The van der Waals surface area contributed by atoms with E-state index < -0.39 is 23.0 Å². The molecule has 0 aliphatic carbocycles. The molecule has 0 aromatic heterocycles. The first-order valence-electron chi connectivity index (χ1n) is 7.53. The SMILES string of the molecule is CCOC(=O)C(O)C(Nc1cccc(Cl)c1)c1ccc([N+](=O)[O-])cc1. The summed E-state index contributed by atoms with van der Waals surface area (Å²) in [5.41, 5.74) is 0.987. The molecule has 0 bridgehead atoms. The number of halogens is 1. The van der Waals surface area contributed by atoms with Crippen molar-refractivity contribution in [3.63, 3.8) is 0 Å². The highest BCUT2D eigenvalue weighted by atomic mass is 35.5. The van der Waals surface area contributed by atoms with E-state index in [0.29, 0.717) is 16.3 Å². The lowest BCUT2D eigenvalue weighted by Gasteiger charge is -2.24. The second-order valence-corrected chi connectivity index (χ2v) is 5.61. The fraction of sp³-hybridized carbons (Fsp3) is 0.235. The number of rotatable bonds is 7. The summed E-state index contributed by atoms with van der Waals surface area (Å²) in [5.74, 6) is -0.791. The van der Waals surface area contributed by atoms with Gasteiger partial charge in [0, 0.05) is 22.8 Å². The summed E-state index contributed by atoms with van der Waals surface area (Å²) >= 11 is 5.95. The molecular weight excluding hydrogens is 348 g/mol. The third kappa shape index (κ3) is 4.91. The predicted molar refractivity (Wildman–Crippen MR) is 93.6 cm³/mol. The molecule has 2 aromatic carbocycles. The molecule has 0 radical (unpaired) electrons. The Hall–Kier alpha value is -2.64. The molecule has 0 saturated carbocycles. The number of ether oxygens (including phenoxy) is 1. The number of carbonyl (C=O) groups is 1. The van der Waals surface area contributed by atoms with Gasteiger partial charge >= 0.3 is 5.97 Å². The number of nitro benzene ring substituents is 1. The summed E-state index contributed by atoms with van der Waals surface area (Å²) in [6, 6.07) is 11.5. The lowest BCUT2D eigenvalue weighted by molar-refractivity contribution is -0.384. The van der Waals surface area contributed by atoms with Crippen molar-refractivity contribution < 1.29 is 19.6 Å². The lowest BCUT2D eigenvalue weighted by atomic mass is 10.0. The number of hydrogen-bond donors (Lipinski definition) is 2. The standard InChI is InChI=1S/C17H17ClN2O5/c1-2-25-17(22)16(21)15(19-13-5-3-4-12(18)10-13)11-6-8-14(9-7-11)20(23)24/h3-10,15-16,19,21H,2H2,1H3. The number of carbonyl (C=O) groups excluding carboxylic acids is 1. The van der Waals surface area contributed by atoms with Gasteiger partial charge in [-0.2, -0.15) is 0 Å². The molecule has 2 N–H and O–H groups in total. The van der Waals surface area contributed by atoms with Crippen LogP contribution in [0, 0.1) is 10.1 Å². The number of nitrogens with zero attached hydrogens (tertiary/aromatic N) is 1. The second kappa shape index (κ2) is 8.46. The van der Waals surface area contributed by atoms with Gasteiger partial charge in [0.25, 0.3) is 5.69 Å². The number of non-ortho nitro benzene ring substituents is 1. The zero-order chi connectivity index (χ0) is 18.4. The minimum atomic E-state index is -1.50. The van der Waals surface area contributed by atoms with Crippen LogP contribution in [0.4, 0.5) is 11.4 Å². The van der Waals surface area contributed by atoms with Crippen LogP contribution < -0.4 is 5.32 Å². The Morgan fingerprint density at radius 2 is 2.00 bits per heavy atom. The normalized spacial score (nSPS) is 12.9. The zero-order valence-corrected chi connectivity index (χ0v) is 14.1. The Morgan fingerprint density at radius 3 is 2.56 bits per heavy atom. The number of nitrogens with one attached hydrogen (secondary N) is 1. The van der Waals surface area contributed by atoms with E-state index in [4.69, 9.17) is 16.3 Å². The van der Waals surface area contributed by atoms with E-state index in [0.717, 1.165) is 0 Å². The molecule has 2 atom stereocenters. The number of benzene rings is 2. The molecule has 2 rings (SSSR count). The van der Waals surface area contributed by atoms with Crippen molar-refractivity contribution in [3.8, 4) is 0 Å². The molecule has 8 heteroatoms. The smallest absolute Gasteiger partial charge is 0.337 e. The van der Waals surface area contributed by atoms with Crippen LogP contribution in [0.1, 0.15) is 18.5 Å². The number of nitro groups is 1. The van der Waals surface area contributed by atoms with Crippen LogP contribution in [0.25, 0.3) is 0 Å². The van der Waals surface area contributed by atoms with Crippen molar-refractivity contribution >= 4 is 28.9 Å². The lowest BCUT2D eigenvalue weighted by Crippen LogP contribution is -2.34. The Bertz CT molecular complexity index is 751. The van der Waals surface area contributed by atoms with Gasteiger partial charge in [0.15, 0.2) is 6.10 Å². The van der Waals surface area contributed by atoms with E-state index in [-0.39, 0.29) is 12.3 Å². The van der Waals surface area contributed by atoms with Crippen molar-refractivity contribution in [1.29, 1.82) is 0 Å². The van der Waals surface area contributed by atoms with Crippen LogP contribution in [-0.4, -0.2) is 28.7 Å². The monoisotopic (exact) mass is 364 g/mol. The largest absolute Gasteiger partial charge is 0.464 e. The maximum Gasteiger partial charge on any atom is 0.337 e. The van der Waals surface area contributed by atoms with E-state index in [9.17, 15) is 20.0 Å². The molecule has 0 heterocycles. The van der Waals surface area contributed by atoms with Gasteiger partial charge in [-0.05, 0) is 30.7 Å². The number of anilines is 1. The maximum absolute atomic E-state index is 11.9. The van der Waals surface area contributed by atoms with Gasteiger partial charge in [-0.3, -0.25) is 10.1 Å². The molecule has 25 heavy (non-hydrogen) atoms. The molecule has 0 saturated heterocycles. The Balaban J connectivity index is 2.33. The summed E-state index contributed by atoms with van der Waals surface area (Å²) in [6.45, 7) is 1.76. The highest BCUT2D eigenvalue weighted by molar-refractivity contribution is 6.30. The molecular formula is C17H17ClN2O5. The van der Waals surface area contributed by atoms with Crippen LogP contribution in [0.2, 0.25) is 5.02 Å². The minimum Gasteiger partial charge on any atom is -0.464 e. The molecule has 0 amide bonds. The van der Waals surface area contributed by atoms with Crippen molar-refractivity contribution in [2.75, 3.05) is 11.9 Å². The molecule has 0 spiro atoms. The molecule has 0 aliphatic rings. The van der Waals surface area contributed by atoms with E-state index in [1.807, 2.05) is 0 Å². The second-order valence-electron chi connectivity index (χ2n) is 5.18. The van der Waals surface area contributed by atoms with E-state index in [2.05, 4.69) is 5.32 Å². The van der Waals surface area contributed by atoms with Crippen molar-refractivity contribution in [3.05, 3.63) is 69.2 Å². The summed E-state index contributed by atoms with van der Waals surface area (Å²) in [5, 5.41) is 24.7. The fourth-order valence-electron chi connectivity index (χ4n) is 2.27. The van der Waals surface area contributed by atoms with Gasteiger partial charge in [-0.1, -0.05) is 29.8 Å². The van der Waals surface area contributed by atoms with Gasteiger partial charge in [0.2, 0.25) is 0 Å². The summed E-state index contributed by atoms with van der Waals surface area (Å²) < 4.78 is 4.87. The topological polar surface area (TPSA) is 102 Å². The molecule has 132 valence electrons. The zero-order valence-electron chi connectivity index (χ0n) is 13.4. The van der Waals surface area contributed by atoms with Crippen LogP contribution in [-0.2, 0) is 9.53 Å². The molecule has 0 fully saturated rings. The van der Waals surface area contributed by atoms with Crippen LogP contribution in [0.15, 0.2) is 48.5 Å². The minimum absolute atomic E-state index is 0.0871. The third-order valence-electron chi connectivity index (χ3n) is 3.45. The third-order valence-corrected chi connectivity index (χ3v) is 3.69. The maximum atomic E-state index is 11.9. The number of hydrogen-bond acceptors (Lipinski definition) is 6. The molecule has 2 aromatic rings. The fourth-order valence-corrected chi connectivity index (χ4v) is 2.46. The number of aliphatic hydroxyl groups excluding tert-OH is 1. The van der Waals surface area contributed by atoms with Gasteiger partial charge < -0.3 is 15.2 Å². The molecule has 0 aliphatic heterocycles.